The lowest BCUT2D eigenvalue weighted by Crippen LogP contribution is -2.04. The van der Waals surface area contributed by atoms with Gasteiger partial charge in [0.05, 0.1) is 13.2 Å². The molecule has 0 aromatic heterocycles. The number of ether oxygens (including phenoxy) is 2. The van der Waals surface area contributed by atoms with E-state index in [2.05, 4.69) is 19.1 Å². The molecule has 0 unspecified atom stereocenters. The third-order valence-corrected chi connectivity index (χ3v) is 2.59. The van der Waals surface area contributed by atoms with Crippen LogP contribution < -0.4 is 9.47 Å². The molecular formula is C16H18O2. The molecule has 0 aliphatic carbocycles. The monoisotopic (exact) mass is 242 g/mol. The summed E-state index contributed by atoms with van der Waals surface area (Å²) in [6, 6.07) is 17.9. The van der Waals surface area contributed by atoms with Gasteiger partial charge in [-0.2, -0.15) is 0 Å². The van der Waals surface area contributed by atoms with Gasteiger partial charge in [-0.15, -0.1) is 0 Å². The fourth-order valence-electron chi connectivity index (χ4n) is 1.59. The molecule has 0 bridgehead atoms. The Hall–Kier alpha value is -1.96. The fraction of sp³-hybridized carbons (Fsp3) is 0.250. The van der Waals surface area contributed by atoms with Crippen LogP contribution in [-0.2, 0) is 0 Å². The van der Waals surface area contributed by atoms with Crippen LogP contribution in [-0.4, -0.2) is 13.2 Å². The zero-order chi connectivity index (χ0) is 12.6. The van der Waals surface area contributed by atoms with Crippen molar-refractivity contribution in [3.05, 3.63) is 60.2 Å². The third-order valence-electron chi connectivity index (χ3n) is 2.59. The first-order valence-corrected chi connectivity index (χ1v) is 6.22. The van der Waals surface area contributed by atoms with Crippen LogP contribution in [0.15, 0.2) is 54.6 Å². The lowest BCUT2D eigenvalue weighted by atomic mass is 10.2. The van der Waals surface area contributed by atoms with E-state index in [4.69, 9.17) is 9.47 Å². The van der Waals surface area contributed by atoms with Gasteiger partial charge in [0.1, 0.15) is 11.5 Å². The van der Waals surface area contributed by atoms with E-state index in [1.807, 2.05) is 42.5 Å². The lowest BCUT2D eigenvalue weighted by Gasteiger charge is -2.08. The number of hydrogen-bond donors (Lipinski definition) is 0. The van der Waals surface area contributed by atoms with Crippen molar-refractivity contribution in [2.45, 2.75) is 13.3 Å². The molecule has 0 fully saturated rings. The Balaban J connectivity index is 1.63. The summed E-state index contributed by atoms with van der Waals surface area (Å²) in [7, 11) is 0. The van der Waals surface area contributed by atoms with Gasteiger partial charge in [0, 0.05) is 6.42 Å². The Morgan fingerprint density at radius 2 is 1.28 bits per heavy atom. The Bertz CT molecular complexity index is 448. The zero-order valence-corrected chi connectivity index (χ0v) is 10.6. The molecule has 18 heavy (non-hydrogen) atoms. The smallest absolute Gasteiger partial charge is 0.119 e. The summed E-state index contributed by atoms with van der Waals surface area (Å²) < 4.78 is 11.2. The minimum atomic E-state index is 0.676. The topological polar surface area (TPSA) is 18.5 Å². The quantitative estimate of drug-likeness (QED) is 0.716. The highest BCUT2D eigenvalue weighted by atomic mass is 16.5. The van der Waals surface area contributed by atoms with Crippen LogP contribution in [0.5, 0.6) is 11.5 Å². The molecule has 0 saturated carbocycles. The van der Waals surface area contributed by atoms with Crippen molar-refractivity contribution in [1.29, 1.82) is 0 Å². The van der Waals surface area contributed by atoms with Crippen molar-refractivity contribution in [2.24, 2.45) is 0 Å². The highest BCUT2D eigenvalue weighted by Gasteiger charge is 1.95. The molecule has 2 heteroatoms. The second-order valence-corrected chi connectivity index (χ2v) is 4.18. The van der Waals surface area contributed by atoms with E-state index in [1.165, 1.54) is 5.56 Å². The second-order valence-electron chi connectivity index (χ2n) is 4.18. The van der Waals surface area contributed by atoms with E-state index in [1.54, 1.807) is 0 Å². The first kappa shape index (κ1) is 12.5. The Labute approximate surface area is 108 Å². The maximum absolute atomic E-state index is 5.62. The number of hydrogen-bond acceptors (Lipinski definition) is 2. The lowest BCUT2D eigenvalue weighted by molar-refractivity contribution is 0.247. The molecule has 0 aliphatic heterocycles. The molecular weight excluding hydrogens is 224 g/mol. The molecule has 0 spiro atoms. The van der Waals surface area contributed by atoms with Gasteiger partial charge in [-0.3, -0.25) is 0 Å². The van der Waals surface area contributed by atoms with Crippen molar-refractivity contribution >= 4 is 0 Å². The van der Waals surface area contributed by atoms with Crippen LogP contribution in [0.2, 0.25) is 0 Å². The first-order chi connectivity index (χ1) is 8.84. The van der Waals surface area contributed by atoms with Crippen molar-refractivity contribution in [3.8, 4) is 11.5 Å². The summed E-state index contributed by atoms with van der Waals surface area (Å²) in [5, 5.41) is 0. The zero-order valence-electron chi connectivity index (χ0n) is 10.6. The molecule has 0 N–H and O–H groups in total. The van der Waals surface area contributed by atoms with Gasteiger partial charge < -0.3 is 9.47 Å². The highest BCUT2D eigenvalue weighted by Crippen LogP contribution is 2.12. The van der Waals surface area contributed by atoms with Crippen LogP contribution in [0.4, 0.5) is 0 Å². The average molecular weight is 242 g/mol. The Morgan fingerprint density at radius 3 is 1.89 bits per heavy atom. The van der Waals surface area contributed by atoms with Gasteiger partial charge in [-0.25, -0.2) is 0 Å². The molecule has 0 atom stereocenters. The molecule has 2 aromatic rings. The van der Waals surface area contributed by atoms with Gasteiger partial charge in [-0.1, -0.05) is 35.9 Å². The van der Waals surface area contributed by atoms with Crippen LogP contribution in [0, 0.1) is 6.92 Å². The van der Waals surface area contributed by atoms with E-state index >= 15 is 0 Å². The largest absolute Gasteiger partial charge is 0.493 e. The van der Waals surface area contributed by atoms with E-state index < -0.39 is 0 Å². The first-order valence-electron chi connectivity index (χ1n) is 6.22. The number of aryl methyl sites for hydroxylation is 1. The van der Waals surface area contributed by atoms with Gasteiger partial charge in [0.25, 0.3) is 0 Å². The maximum Gasteiger partial charge on any atom is 0.119 e. The van der Waals surface area contributed by atoms with Gasteiger partial charge in [0.15, 0.2) is 0 Å². The molecule has 0 saturated heterocycles. The predicted molar refractivity (Wildman–Crippen MR) is 73.2 cm³/mol. The maximum atomic E-state index is 5.62. The SMILES string of the molecule is Cc1ccc(OCCCOc2ccccc2)cc1. The van der Waals surface area contributed by atoms with Crippen molar-refractivity contribution in [1.82, 2.24) is 0 Å². The number of rotatable bonds is 6. The van der Waals surface area contributed by atoms with Crippen molar-refractivity contribution in [2.75, 3.05) is 13.2 Å². The molecule has 94 valence electrons. The Morgan fingerprint density at radius 1 is 0.722 bits per heavy atom. The summed E-state index contributed by atoms with van der Waals surface area (Å²) in [4.78, 5) is 0. The summed E-state index contributed by atoms with van der Waals surface area (Å²) in [5.74, 6) is 1.83. The van der Waals surface area contributed by atoms with Crippen molar-refractivity contribution in [3.63, 3.8) is 0 Å². The van der Waals surface area contributed by atoms with E-state index in [0.29, 0.717) is 13.2 Å². The molecule has 2 rings (SSSR count). The van der Waals surface area contributed by atoms with E-state index in [-0.39, 0.29) is 0 Å². The van der Waals surface area contributed by atoms with Crippen LogP contribution in [0.25, 0.3) is 0 Å². The van der Waals surface area contributed by atoms with Gasteiger partial charge >= 0.3 is 0 Å². The molecule has 0 heterocycles. The van der Waals surface area contributed by atoms with E-state index in [0.717, 1.165) is 17.9 Å². The third kappa shape index (κ3) is 4.13. The van der Waals surface area contributed by atoms with Crippen LogP contribution in [0.1, 0.15) is 12.0 Å². The summed E-state index contributed by atoms with van der Waals surface area (Å²) >= 11 is 0. The normalized spacial score (nSPS) is 10.1. The molecule has 2 nitrogen and oxygen atoms in total. The molecule has 0 aliphatic rings. The summed E-state index contributed by atoms with van der Waals surface area (Å²) in [6.45, 7) is 3.42. The minimum absolute atomic E-state index is 0.676. The van der Waals surface area contributed by atoms with Crippen LogP contribution >= 0.6 is 0 Å². The minimum Gasteiger partial charge on any atom is -0.493 e. The van der Waals surface area contributed by atoms with Gasteiger partial charge in [-0.05, 0) is 31.2 Å². The van der Waals surface area contributed by atoms with Gasteiger partial charge in [0.2, 0.25) is 0 Å². The standard InChI is InChI=1S/C16H18O2/c1-14-8-10-16(11-9-14)18-13-5-12-17-15-6-3-2-4-7-15/h2-4,6-11H,5,12-13H2,1H3. The number of benzene rings is 2. The van der Waals surface area contributed by atoms with Crippen LogP contribution in [0.3, 0.4) is 0 Å². The fourth-order valence-corrected chi connectivity index (χ4v) is 1.59. The molecule has 0 radical (unpaired) electrons. The predicted octanol–water partition coefficient (Wildman–Crippen LogP) is 3.84. The van der Waals surface area contributed by atoms with Crippen molar-refractivity contribution < 1.29 is 9.47 Å². The summed E-state index contributed by atoms with van der Waals surface area (Å²) in [6.07, 6.45) is 0.878. The molecule has 0 amide bonds. The average Bonchev–Trinajstić information content (AvgIpc) is 2.42. The molecule has 2 aromatic carbocycles. The highest BCUT2D eigenvalue weighted by molar-refractivity contribution is 5.26. The second kappa shape index (κ2) is 6.70. The Kier molecular flexibility index (Phi) is 4.65. The summed E-state index contributed by atoms with van der Waals surface area (Å²) in [5.41, 5.74) is 1.25. The number of para-hydroxylation sites is 1. The van der Waals surface area contributed by atoms with E-state index in [9.17, 15) is 0 Å².